The highest BCUT2D eigenvalue weighted by Gasteiger charge is 2.08. The number of hydrogen-bond donors (Lipinski definition) is 0. The molecule has 0 heteroatoms. The van der Waals surface area contributed by atoms with Crippen molar-refractivity contribution in [2.24, 2.45) is 0 Å². The van der Waals surface area contributed by atoms with Crippen LogP contribution >= 0.6 is 0 Å². The summed E-state index contributed by atoms with van der Waals surface area (Å²) in [4.78, 5) is 0. The molecule has 0 saturated heterocycles. The van der Waals surface area contributed by atoms with E-state index in [1.54, 1.807) is 0 Å². The molecule has 0 saturated carbocycles. The normalized spacial score (nSPS) is 11.6. The van der Waals surface area contributed by atoms with E-state index in [2.05, 4.69) is 315 Å². The van der Waals surface area contributed by atoms with E-state index in [1.807, 2.05) is 36.4 Å². The second kappa shape index (κ2) is 27.6. The van der Waals surface area contributed by atoms with Gasteiger partial charge in [-0.15, -0.1) is 0 Å². The minimum Gasteiger partial charge on any atom is -0.0836 e. The zero-order chi connectivity index (χ0) is 55.4. The number of allylic oxidation sites excluding steroid dienone is 2. The summed E-state index contributed by atoms with van der Waals surface area (Å²) in [6.45, 7) is 0. The Kier molecular flexibility index (Phi) is 18.1. The first-order chi connectivity index (χ1) is 40.7. The molecular formula is C82H66. The maximum absolute atomic E-state index is 2.27. The van der Waals surface area contributed by atoms with Crippen molar-refractivity contribution in [2.45, 2.75) is 25.7 Å². The molecule has 2 aliphatic carbocycles. The van der Waals surface area contributed by atoms with Crippen LogP contribution in [0.25, 0.3) is 98.3 Å². The van der Waals surface area contributed by atoms with E-state index < -0.39 is 0 Å². The van der Waals surface area contributed by atoms with Crippen molar-refractivity contribution in [3.8, 4) is 0 Å². The quantitative estimate of drug-likeness (QED) is 0.133. The van der Waals surface area contributed by atoms with Gasteiger partial charge in [-0.1, -0.05) is 352 Å². The summed E-state index contributed by atoms with van der Waals surface area (Å²) >= 11 is 0. The third kappa shape index (κ3) is 13.6. The van der Waals surface area contributed by atoms with Gasteiger partial charge in [0.15, 0.2) is 0 Å². The predicted molar refractivity (Wildman–Crippen MR) is 360 cm³/mol. The van der Waals surface area contributed by atoms with Crippen LogP contribution in [0, 0.1) is 0 Å². The Morgan fingerprint density at radius 2 is 0.354 bits per heavy atom. The summed E-state index contributed by atoms with van der Waals surface area (Å²) in [7, 11) is 0. The van der Waals surface area contributed by atoms with Crippen LogP contribution in [-0.4, -0.2) is 0 Å². The van der Waals surface area contributed by atoms with Crippen LogP contribution < -0.4 is 0 Å². The van der Waals surface area contributed by atoms with E-state index in [0.29, 0.717) is 0 Å². The van der Waals surface area contributed by atoms with E-state index >= 15 is 0 Å². The lowest BCUT2D eigenvalue weighted by atomic mass is 9.92. The fourth-order valence-electron chi connectivity index (χ4n) is 11.0. The minimum atomic E-state index is 1.19. The third-order valence-electron chi connectivity index (χ3n) is 15.1. The number of fused-ring (bicyclic) bond motifs is 14. The van der Waals surface area contributed by atoms with Crippen molar-refractivity contribution in [3.05, 3.63) is 362 Å². The van der Waals surface area contributed by atoms with Crippen LogP contribution in [0.5, 0.6) is 0 Å². The summed E-state index contributed by atoms with van der Waals surface area (Å²) in [6, 6.07) is 114. The van der Waals surface area contributed by atoms with Gasteiger partial charge in [-0.2, -0.15) is 0 Å². The van der Waals surface area contributed by atoms with Gasteiger partial charge in [-0.3, -0.25) is 0 Å². The third-order valence-corrected chi connectivity index (χ3v) is 15.1. The molecule has 0 aromatic heterocycles. The molecule has 82 heavy (non-hydrogen) atoms. The van der Waals surface area contributed by atoms with Gasteiger partial charge in [-0.05, 0) is 134 Å². The van der Waals surface area contributed by atoms with Crippen LogP contribution in [0.15, 0.2) is 340 Å². The van der Waals surface area contributed by atoms with Gasteiger partial charge in [0, 0.05) is 0 Å². The monoisotopic (exact) mass is 1050 g/mol. The molecule has 15 aromatic carbocycles. The first-order valence-corrected chi connectivity index (χ1v) is 28.7. The lowest BCUT2D eigenvalue weighted by Crippen LogP contribution is -1.94. The summed E-state index contributed by atoms with van der Waals surface area (Å²) in [5.41, 5.74) is 5.83. The smallest absolute Gasteiger partial charge is 0.0105 e. The van der Waals surface area contributed by atoms with Gasteiger partial charge in [-0.25, -0.2) is 0 Å². The molecule has 0 amide bonds. The van der Waals surface area contributed by atoms with Crippen LogP contribution in [0.3, 0.4) is 0 Å². The minimum absolute atomic E-state index is 1.19. The van der Waals surface area contributed by atoms with Crippen LogP contribution in [0.2, 0.25) is 0 Å². The van der Waals surface area contributed by atoms with Crippen LogP contribution in [0.1, 0.15) is 35.1 Å². The number of benzene rings is 15. The molecule has 0 spiro atoms. The summed E-state index contributed by atoms with van der Waals surface area (Å²) in [5, 5.41) is 21.3. The van der Waals surface area contributed by atoms with Crippen molar-refractivity contribution >= 4 is 98.3 Å². The molecule has 0 nitrogen and oxygen atoms in total. The molecule has 17 rings (SSSR count). The molecule has 0 aliphatic heterocycles. The molecule has 0 bridgehead atoms. The van der Waals surface area contributed by atoms with Gasteiger partial charge in [0.2, 0.25) is 0 Å². The first kappa shape index (κ1) is 53.8. The molecule has 0 N–H and O–H groups in total. The molecule has 2 aliphatic rings. The molecule has 0 radical (unpaired) electrons. The summed E-state index contributed by atoms with van der Waals surface area (Å²) < 4.78 is 0. The molecule has 394 valence electrons. The van der Waals surface area contributed by atoms with Gasteiger partial charge in [0.25, 0.3) is 0 Å². The molecule has 0 heterocycles. The van der Waals surface area contributed by atoms with E-state index in [0.717, 1.165) is 0 Å². The van der Waals surface area contributed by atoms with E-state index in [9.17, 15) is 0 Å². The van der Waals surface area contributed by atoms with E-state index in [4.69, 9.17) is 0 Å². The predicted octanol–water partition coefficient (Wildman–Crippen LogP) is 23.0. The van der Waals surface area contributed by atoms with Gasteiger partial charge in [0.1, 0.15) is 0 Å². The van der Waals surface area contributed by atoms with Crippen molar-refractivity contribution in [1.29, 1.82) is 0 Å². The Labute approximate surface area is 483 Å². The largest absolute Gasteiger partial charge is 0.0836 e. The highest BCUT2D eigenvalue weighted by Crippen LogP contribution is 2.30. The van der Waals surface area contributed by atoms with Crippen molar-refractivity contribution in [2.75, 3.05) is 0 Å². The Morgan fingerprint density at radius 3 is 0.610 bits per heavy atom. The number of rotatable bonds is 0. The Morgan fingerprint density at radius 1 is 0.159 bits per heavy atom. The van der Waals surface area contributed by atoms with Crippen molar-refractivity contribution < 1.29 is 0 Å². The average molecular weight is 1050 g/mol. The van der Waals surface area contributed by atoms with Crippen molar-refractivity contribution in [3.63, 3.8) is 0 Å². The fourth-order valence-corrected chi connectivity index (χ4v) is 11.0. The molecule has 15 aromatic rings. The average Bonchev–Trinajstić information content (AvgIpc) is 3.59. The Balaban J connectivity index is 0.000000102. The lowest BCUT2D eigenvalue weighted by molar-refractivity contribution is 0.990. The van der Waals surface area contributed by atoms with Gasteiger partial charge >= 0.3 is 0 Å². The molecule has 0 fully saturated rings. The molecule has 0 atom stereocenters. The summed E-state index contributed by atoms with van der Waals surface area (Å²) in [5.74, 6) is 0. The summed E-state index contributed by atoms with van der Waals surface area (Å²) in [6.07, 6.45) is 13.8. The highest BCUT2D eigenvalue weighted by molar-refractivity contribution is 6.08. The molecular weight excluding hydrogens is 985 g/mol. The Hall–Kier alpha value is -10.1. The standard InChI is InChI=1S/2C14H12.2C14H10.2C10H8.C6H6/c4*1-3-7-13-11(5-1)9-10-12-6-2-4-8-14(12)13;2*1-2-6-10-8-4-3-7-9(10)5-1;1-2-4-6-5-3-1/h2*1,3-5,7-10H,2,6H2;2*1-10H;2*1-8H;1-6H. The lowest BCUT2D eigenvalue weighted by Gasteiger charge is -2.12. The first-order valence-electron chi connectivity index (χ1n) is 28.7. The highest BCUT2D eigenvalue weighted by atomic mass is 14.1. The van der Waals surface area contributed by atoms with Crippen LogP contribution in [-0.2, 0) is 12.8 Å². The zero-order valence-corrected chi connectivity index (χ0v) is 46.3. The van der Waals surface area contributed by atoms with E-state index in [1.165, 1.54) is 134 Å². The molecule has 0 unspecified atom stereocenters. The number of aryl methyl sites for hydroxylation is 2. The van der Waals surface area contributed by atoms with E-state index in [-0.39, 0.29) is 0 Å². The maximum Gasteiger partial charge on any atom is -0.0105 e. The Bertz CT molecular complexity index is 4030. The second-order valence-electron chi connectivity index (χ2n) is 20.5. The van der Waals surface area contributed by atoms with Gasteiger partial charge in [0.05, 0.1) is 0 Å². The van der Waals surface area contributed by atoms with Crippen LogP contribution in [0.4, 0.5) is 0 Å². The SMILES string of the molecule is C1=Cc2c(ccc3ccccc23)CC1.C1=Cc2c(ccc3ccccc23)CC1.c1ccc2c(c1)ccc1ccccc12.c1ccc2c(c1)ccc1ccccc12.c1ccc2ccccc2c1.c1ccc2ccccc2c1.c1ccccc1. The topological polar surface area (TPSA) is 0 Å². The van der Waals surface area contributed by atoms with Gasteiger partial charge < -0.3 is 0 Å². The zero-order valence-electron chi connectivity index (χ0n) is 46.3. The number of hydrogen-bond acceptors (Lipinski definition) is 0. The second-order valence-corrected chi connectivity index (χ2v) is 20.5. The van der Waals surface area contributed by atoms with Crippen molar-refractivity contribution in [1.82, 2.24) is 0 Å². The fraction of sp³-hybridized carbons (Fsp3) is 0.0488. The maximum atomic E-state index is 2.27.